The minimum absolute atomic E-state index is 0.0502. The number of halogens is 4. The van der Waals surface area contributed by atoms with Gasteiger partial charge in [0.2, 0.25) is 0 Å². The van der Waals surface area contributed by atoms with E-state index >= 15 is 0 Å². The summed E-state index contributed by atoms with van der Waals surface area (Å²) >= 11 is 5.56. The second kappa shape index (κ2) is 3.98. The molecular formula is C8H7ClF3N. The number of alkyl halides is 2. The van der Waals surface area contributed by atoms with Crippen LogP contribution >= 0.6 is 11.6 Å². The van der Waals surface area contributed by atoms with E-state index in [2.05, 4.69) is 0 Å². The van der Waals surface area contributed by atoms with E-state index in [1.54, 1.807) is 0 Å². The molecule has 1 rings (SSSR count). The first kappa shape index (κ1) is 10.3. The summed E-state index contributed by atoms with van der Waals surface area (Å²) in [4.78, 5) is 0. The molecule has 1 aromatic rings. The lowest BCUT2D eigenvalue weighted by Crippen LogP contribution is -2.19. The average Bonchev–Trinajstić information content (AvgIpc) is 2.08. The molecule has 2 N–H and O–H groups in total. The van der Waals surface area contributed by atoms with Crippen molar-refractivity contribution in [2.24, 2.45) is 5.73 Å². The van der Waals surface area contributed by atoms with Gasteiger partial charge in [0.1, 0.15) is 5.82 Å². The molecule has 1 aromatic carbocycles. The zero-order valence-corrected chi connectivity index (χ0v) is 7.23. The smallest absolute Gasteiger partial charge is 0.257 e. The van der Waals surface area contributed by atoms with E-state index < -0.39 is 18.3 Å². The standard InChI is InChI=1S/C8H7ClF3N/c9-6-2-1-4(10)3-5(6)7(13)8(11)12/h1-3,7-8H,13H2. The summed E-state index contributed by atoms with van der Waals surface area (Å²) in [6, 6.07) is 1.67. The largest absolute Gasteiger partial charge is 0.319 e. The summed E-state index contributed by atoms with van der Waals surface area (Å²) in [6.45, 7) is 0. The third kappa shape index (κ3) is 2.35. The van der Waals surface area contributed by atoms with Gasteiger partial charge in [-0.2, -0.15) is 0 Å². The van der Waals surface area contributed by atoms with Crippen LogP contribution in [0.2, 0.25) is 5.02 Å². The Morgan fingerprint density at radius 2 is 1.92 bits per heavy atom. The molecule has 72 valence electrons. The van der Waals surface area contributed by atoms with Crippen molar-refractivity contribution in [2.75, 3.05) is 0 Å². The molecule has 0 amide bonds. The molecule has 0 fully saturated rings. The topological polar surface area (TPSA) is 26.0 Å². The monoisotopic (exact) mass is 209 g/mol. The van der Waals surface area contributed by atoms with Crippen LogP contribution in [0.5, 0.6) is 0 Å². The Kier molecular flexibility index (Phi) is 3.17. The van der Waals surface area contributed by atoms with Gasteiger partial charge in [0, 0.05) is 5.02 Å². The number of nitrogens with two attached hydrogens (primary N) is 1. The van der Waals surface area contributed by atoms with E-state index in [0.29, 0.717) is 0 Å². The van der Waals surface area contributed by atoms with Crippen LogP contribution in [-0.4, -0.2) is 6.43 Å². The highest BCUT2D eigenvalue weighted by Gasteiger charge is 2.20. The molecule has 0 saturated carbocycles. The number of hydrogen-bond donors (Lipinski definition) is 1. The number of rotatable bonds is 2. The van der Waals surface area contributed by atoms with Crippen LogP contribution in [-0.2, 0) is 0 Å². The highest BCUT2D eigenvalue weighted by atomic mass is 35.5. The van der Waals surface area contributed by atoms with Crippen molar-refractivity contribution in [1.82, 2.24) is 0 Å². The molecule has 0 spiro atoms. The Bertz CT molecular complexity index is 303. The molecule has 0 bridgehead atoms. The zero-order chi connectivity index (χ0) is 10.0. The van der Waals surface area contributed by atoms with Gasteiger partial charge in [-0.25, -0.2) is 13.2 Å². The molecule has 0 heterocycles. The number of hydrogen-bond acceptors (Lipinski definition) is 1. The first-order valence-corrected chi connectivity index (χ1v) is 3.89. The van der Waals surface area contributed by atoms with E-state index in [4.69, 9.17) is 17.3 Å². The normalized spacial score (nSPS) is 13.4. The van der Waals surface area contributed by atoms with Crippen LogP contribution in [0.25, 0.3) is 0 Å². The molecule has 13 heavy (non-hydrogen) atoms. The summed E-state index contributed by atoms with van der Waals surface area (Å²) in [5.41, 5.74) is 5.03. The molecular weight excluding hydrogens is 203 g/mol. The molecule has 0 aliphatic carbocycles. The van der Waals surface area contributed by atoms with E-state index in [-0.39, 0.29) is 10.6 Å². The quantitative estimate of drug-likeness (QED) is 0.796. The van der Waals surface area contributed by atoms with Crippen molar-refractivity contribution in [2.45, 2.75) is 12.5 Å². The fourth-order valence-corrected chi connectivity index (χ4v) is 1.15. The van der Waals surface area contributed by atoms with Crippen molar-refractivity contribution >= 4 is 11.6 Å². The summed E-state index contributed by atoms with van der Waals surface area (Å²) in [7, 11) is 0. The Morgan fingerprint density at radius 1 is 1.31 bits per heavy atom. The molecule has 0 aliphatic rings. The molecule has 1 nitrogen and oxygen atoms in total. The van der Waals surface area contributed by atoms with Crippen molar-refractivity contribution in [3.05, 3.63) is 34.6 Å². The van der Waals surface area contributed by atoms with Gasteiger partial charge < -0.3 is 5.73 Å². The SMILES string of the molecule is NC(c1cc(F)ccc1Cl)C(F)F. The molecule has 0 radical (unpaired) electrons. The zero-order valence-electron chi connectivity index (χ0n) is 6.48. The third-order valence-electron chi connectivity index (χ3n) is 1.59. The Morgan fingerprint density at radius 3 is 2.46 bits per heavy atom. The van der Waals surface area contributed by atoms with E-state index in [1.165, 1.54) is 6.07 Å². The Labute approximate surface area is 78.3 Å². The second-order valence-electron chi connectivity index (χ2n) is 2.53. The van der Waals surface area contributed by atoms with Gasteiger partial charge >= 0.3 is 0 Å². The maximum absolute atomic E-state index is 12.6. The highest BCUT2D eigenvalue weighted by Crippen LogP contribution is 2.26. The van der Waals surface area contributed by atoms with E-state index in [0.717, 1.165) is 12.1 Å². The minimum atomic E-state index is -2.75. The summed E-state index contributed by atoms with van der Waals surface area (Å²) in [5, 5.41) is 0.0502. The van der Waals surface area contributed by atoms with Crippen molar-refractivity contribution < 1.29 is 13.2 Å². The van der Waals surface area contributed by atoms with Gasteiger partial charge in [0.25, 0.3) is 6.43 Å². The van der Waals surface area contributed by atoms with Crippen LogP contribution < -0.4 is 5.73 Å². The van der Waals surface area contributed by atoms with Gasteiger partial charge in [-0.1, -0.05) is 11.6 Å². The minimum Gasteiger partial charge on any atom is -0.319 e. The summed E-state index contributed by atoms with van der Waals surface area (Å²) in [6.07, 6.45) is -2.75. The third-order valence-corrected chi connectivity index (χ3v) is 1.93. The van der Waals surface area contributed by atoms with Gasteiger partial charge in [0.15, 0.2) is 0 Å². The Hall–Kier alpha value is -0.740. The lowest BCUT2D eigenvalue weighted by atomic mass is 10.1. The van der Waals surface area contributed by atoms with Crippen LogP contribution in [0.4, 0.5) is 13.2 Å². The van der Waals surface area contributed by atoms with Gasteiger partial charge in [-0.3, -0.25) is 0 Å². The maximum atomic E-state index is 12.6. The van der Waals surface area contributed by atoms with E-state index in [9.17, 15) is 13.2 Å². The van der Waals surface area contributed by atoms with Crippen molar-refractivity contribution in [3.8, 4) is 0 Å². The molecule has 0 saturated heterocycles. The summed E-state index contributed by atoms with van der Waals surface area (Å²) < 4.78 is 36.9. The molecule has 0 aliphatic heterocycles. The number of benzene rings is 1. The van der Waals surface area contributed by atoms with E-state index in [1.807, 2.05) is 0 Å². The maximum Gasteiger partial charge on any atom is 0.257 e. The predicted octanol–water partition coefficient (Wildman–Crippen LogP) is 2.74. The Balaban J connectivity index is 3.05. The fraction of sp³-hybridized carbons (Fsp3) is 0.250. The summed E-state index contributed by atoms with van der Waals surface area (Å²) in [5.74, 6) is -0.629. The predicted molar refractivity (Wildman–Crippen MR) is 44.3 cm³/mol. The van der Waals surface area contributed by atoms with Crippen molar-refractivity contribution in [1.29, 1.82) is 0 Å². The van der Waals surface area contributed by atoms with Crippen LogP contribution in [0, 0.1) is 5.82 Å². The van der Waals surface area contributed by atoms with Crippen molar-refractivity contribution in [3.63, 3.8) is 0 Å². The lowest BCUT2D eigenvalue weighted by Gasteiger charge is -2.12. The van der Waals surface area contributed by atoms with Crippen LogP contribution in [0.3, 0.4) is 0 Å². The fourth-order valence-electron chi connectivity index (χ4n) is 0.906. The van der Waals surface area contributed by atoms with Crippen LogP contribution in [0.15, 0.2) is 18.2 Å². The first-order chi connectivity index (χ1) is 6.02. The average molecular weight is 210 g/mol. The van der Waals surface area contributed by atoms with Gasteiger partial charge in [0.05, 0.1) is 6.04 Å². The van der Waals surface area contributed by atoms with Crippen LogP contribution in [0.1, 0.15) is 11.6 Å². The lowest BCUT2D eigenvalue weighted by molar-refractivity contribution is 0.116. The van der Waals surface area contributed by atoms with Gasteiger partial charge in [-0.15, -0.1) is 0 Å². The highest BCUT2D eigenvalue weighted by molar-refractivity contribution is 6.31. The molecule has 0 aromatic heterocycles. The van der Waals surface area contributed by atoms with Gasteiger partial charge in [-0.05, 0) is 23.8 Å². The first-order valence-electron chi connectivity index (χ1n) is 3.51. The molecule has 1 unspecified atom stereocenters. The second-order valence-corrected chi connectivity index (χ2v) is 2.93. The molecule has 1 atom stereocenters. The molecule has 5 heteroatoms.